The molecule has 1 amide bonds. The minimum atomic E-state index is -0.509. The number of amides is 1. The van der Waals surface area contributed by atoms with Gasteiger partial charge in [-0.3, -0.25) is 9.69 Å². The molecule has 3 aromatic rings. The first-order chi connectivity index (χ1) is 13.6. The van der Waals surface area contributed by atoms with Crippen LogP contribution in [-0.4, -0.2) is 34.0 Å². The first kappa shape index (κ1) is 19.0. The van der Waals surface area contributed by atoms with Gasteiger partial charge in [0.05, 0.1) is 22.4 Å². The number of rotatable bonds is 5. The van der Waals surface area contributed by atoms with Crippen LogP contribution in [0, 0.1) is 11.7 Å². The molecule has 28 heavy (non-hydrogen) atoms. The smallest absolute Gasteiger partial charge is 0.241 e. The Morgan fingerprint density at radius 2 is 2.32 bits per heavy atom. The number of nitrogens with zero attached hydrogens (tertiary/aromatic N) is 3. The summed E-state index contributed by atoms with van der Waals surface area (Å²) >= 11 is 7.34. The van der Waals surface area contributed by atoms with Crippen LogP contribution in [0.15, 0.2) is 40.2 Å². The molecule has 1 aliphatic heterocycles. The molecule has 146 valence electrons. The molecular formula is C19H18ClFN4O2S. The molecule has 1 saturated heterocycles. The molecule has 1 unspecified atom stereocenters. The number of thiophene rings is 1. The molecule has 0 bridgehead atoms. The van der Waals surface area contributed by atoms with Gasteiger partial charge in [-0.1, -0.05) is 22.8 Å². The van der Waals surface area contributed by atoms with Crippen molar-refractivity contribution in [2.75, 3.05) is 18.4 Å². The predicted molar refractivity (Wildman–Crippen MR) is 106 cm³/mol. The second-order valence-corrected chi connectivity index (χ2v) is 8.04. The molecule has 4 rings (SSSR count). The molecule has 1 fully saturated rings. The lowest BCUT2D eigenvalue weighted by Gasteiger charge is -2.30. The van der Waals surface area contributed by atoms with E-state index in [2.05, 4.69) is 20.4 Å². The van der Waals surface area contributed by atoms with Crippen molar-refractivity contribution in [3.63, 3.8) is 0 Å². The Bertz CT molecular complexity index is 963. The zero-order valence-electron chi connectivity index (χ0n) is 14.9. The first-order valence-electron chi connectivity index (χ1n) is 8.93. The van der Waals surface area contributed by atoms with E-state index in [9.17, 15) is 9.18 Å². The van der Waals surface area contributed by atoms with Gasteiger partial charge in [0.15, 0.2) is 0 Å². The van der Waals surface area contributed by atoms with Gasteiger partial charge < -0.3 is 9.84 Å². The highest BCUT2D eigenvalue weighted by Crippen LogP contribution is 2.24. The number of hydrogen-bond acceptors (Lipinski definition) is 6. The van der Waals surface area contributed by atoms with E-state index in [0.29, 0.717) is 30.5 Å². The number of nitrogens with one attached hydrogen (secondary N) is 1. The van der Waals surface area contributed by atoms with Crippen molar-refractivity contribution in [2.45, 2.75) is 19.4 Å². The molecule has 0 radical (unpaired) electrons. The maximum atomic E-state index is 13.3. The van der Waals surface area contributed by atoms with Crippen LogP contribution in [0.4, 0.5) is 10.1 Å². The Labute approximate surface area is 170 Å². The van der Waals surface area contributed by atoms with Crippen molar-refractivity contribution in [2.24, 2.45) is 5.92 Å². The lowest BCUT2D eigenvalue weighted by atomic mass is 9.97. The fourth-order valence-electron chi connectivity index (χ4n) is 3.25. The first-order valence-corrected chi connectivity index (χ1v) is 10.2. The van der Waals surface area contributed by atoms with E-state index in [1.54, 1.807) is 11.3 Å². The van der Waals surface area contributed by atoms with Gasteiger partial charge in [0.1, 0.15) is 5.82 Å². The van der Waals surface area contributed by atoms with Crippen LogP contribution in [-0.2, 0) is 11.3 Å². The third-order valence-corrected chi connectivity index (χ3v) is 5.79. The molecule has 1 atom stereocenters. The van der Waals surface area contributed by atoms with E-state index >= 15 is 0 Å². The Kier molecular flexibility index (Phi) is 5.70. The number of piperidine rings is 1. The minimum Gasteiger partial charge on any atom is -0.338 e. The fraction of sp³-hybridized carbons (Fsp3) is 0.316. The van der Waals surface area contributed by atoms with E-state index in [1.807, 2.05) is 17.5 Å². The Balaban J connectivity index is 1.36. The van der Waals surface area contributed by atoms with Crippen molar-refractivity contribution >= 4 is 34.5 Å². The molecule has 0 aliphatic carbocycles. The summed E-state index contributed by atoms with van der Waals surface area (Å²) in [6, 6.07) is 8.05. The van der Waals surface area contributed by atoms with Gasteiger partial charge in [0, 0.05) is 12.2 Å². The van der Waals surface area contributed by atoms with Crippen molar-refractivity contribution in [1.29, 1.82) is 0 Å². The molecule has 2 aromatic heterocycles. The standard InChI is InChI=1S/C19H18ClFN4O2S/c20-14-9-13(5-6-15(14)21)22-19(26)12-3-1-7-25(10-12)11-17-23-18(24-27-17)16-4-2-8-28-16/h2,4-6,8-9,12H,1,3,7,10-11H2,(H,22,26). The second-order valence-electron chi connectivity index (χ2n) is 6.68. The minimum absolute atomic E-state index is 0.0130. The Morgan fingerprint density at radius 1 is 1.43 bits per heavy atom. The summed E-state index contributed by atoms with van der Waals surface area (Å²) in [5.41, 5.74) is 0.492. The highest BCUT2D eigenvalue weighted by molar-refractivity contribution is 7.13. The Hall–Kier alpha value is -2.29. The maximum absolute atomic E-state index is 13.3. The zero-order chi connectivity index (χ0) is 19.5. The van der Waals surface area contributed by atoms with Crippen LogP contribution in [0.2, 0.25) is 5.02 Å². The van der Waals surface area contributed by atoms with Crippen molar-refractivity contribution in [3.8, 4) is 10.7 Å². The quantitative estimate of drug-likeness (QED) is 0.660. The maximum Gasteiger partial charge on any atom is 0.241 e. The molecule has 9 heteroatoms. The summed E-state index contributed by atoms with van der Waals surface area (Å²) < 4.78 is 18.6. The molecule has 1 aromatic carbocycles. The van der Waals surface area contributed by atoms with Crippen LogP contribution in [0.3, 0.4) is 0 Å². The molecule has 3 heterocycles. The monoisotopic (exact) mass is 420 g/mol. The topological polar surface area (TPSA) is 71.3 Å². The molecule has 0 spiro atoms. The largest absolute Gasteiger partial charge is 0.338 e. The zero-order valence-corrected chi connectivity index (χ0v) is 16.5. The molecule has 0 saturated carbocycles. The molecular weight excluding hydrogens is 403 g/mol. The number of carbonyl (C=O) groups is 1. The van der Waals surface area contributed by atoms with Crippen LogP contribution in [0.25, 0.3) is 10.7 Å². The summed E-state index contributed by atoms with van der Waals surface area (Å²) in [4.78, 5) is 20.1. The number of halogens is 2. The van der Waals surface area contributed by atoms with Crippen LogP contribution in [0.1, 0.15) is 18.7 Å². The van der Waals surface area contributed by atoms with Crippen LogP contribution >= 0.6 is 22.9 Å². The normalized spacial score (nSPS) is 17.6. The molecule has 1 aliphatic rings. The predicted octanol–water partition coefficient (Wildman–Crippen LogP) is 4.44. The van der Waals surface area contributed by atoms with Gasteiger partial charge in [-0.15, -0.1) is 11.3 Å². The number of likely N-dealkylation sites (tertiary alicyclic amines) is 1. The summed E-state index contributed by atoms with van der Waals surface area (Å²) in [6.45, 7) is 1.96. The SMILES string of the molecule is O=C(Nc1ccc(F)c(Cl)c1)C1CCCN(Cc2nc(-c3cccs3)no2)C1. The van der Waals surface area contributed by atoms with Crippen LogP contribution < -0.4 is 5.32 Å². The van der Waals surface area contributed by atoms with E-state index in [1.165, 1.54) is 18.2 Å². The van der Waals surface area contributed by atoms with E-state index in [4.69, 9.17) is 16.1 Å². The van der Waals surface area contributed by atoms with Crippen molar-refractivity contribution < 1.29 is 13.7 Å². The second kappa shape index (κ2) is 8.38. The Morgan fingerprint density at radius 3 is 3.11 bits per heavy atom. The summed E-state index contributed by atoms with van der Waals surface area (Å²) in [5.74, 6) is 0.346. The van der Waals surface area contributed by atoms with Crippen molar-refractivity contribution in [1.82, 2.24) is 15.0 Å². The number of carbonyl (C=O) groups excluding carboxylic acids is 1. The molecule has 1 N–H and O–H groups in total. The summed E-state index contributed by atoms with van der Waals surface area (Å²) in [5, 5.41) is 8.80. The highest BCUT2D eigenvalue weighted by atomic mass is 35.5. The average Bonchev–Trinajstić information content (AvgIpc) is 3.37. The average molecular weight is 421 g/mol. The lowest BCUT2D eigenvalue weighted by Crippen LogP contribution is -2.40. The van der Waals surface area contributed by atoms with E-state index in [0.717, 1.165) is 24.3 Å². The van der Waals surface area contributed by atoms with E-state index in [-0.39, 0.29) is 16.8 Å². The fourth-order valence-corrected chi connectivity index (χ4v) is 4.08. The number of hydrogen-bond donors (Lipinski definition) is 1. The number of anilines is 1. The summed E-state index contributed by atoms with van der Waals surface area (Å²) in [6.07, 6.45) is 1.69. The third-order valence-electron chi connectivity index (χ3n) is 4.63. The third kappa shape index (κ3) is 4.40. The van der Waals surface area contributed by atoms with Crippen molar-refractivity contribution in [3.05, 3.63) is 52.4 Å². The van der Waals surface area contributed by atoms with Gasteiger partial charge >= 0.3 is 0 Å². The summed E-state index contributed by atoms with van der Waals surface area (Å²) in [7, 11) is 0. The van der Waals surface area contributed by atoms with Crippen LogP contribution in [0.5, 0.6) is 0 Å². The van der Waals surface area contributed by atoms with Gasteiger partial charge in [0.25, 0.3) is 0 Å². The lowest BCUT2D eigenvalue weighted by molar-refractivity contribution is -0.121. The van der Waals surface area contributed by atoms with Gasteiger partial charge in [-0.25, -0.2) is 4.39 Å². The van der Waals surface area contributed by atoms with E-state index < -0.39 is 5.82 Å². The van der Waals surface area contributed by atoms with Gasteiger partial charge in [-0.05, 0) is 49.0 Å². The van der Waals surface area contributed by atoms with Gasteiger partial charge in [0.2, 0.25) is 17.6 Å². The number of benzene rings is 1. The number of aromatic nitrogens is 2. The van der Waals surface area contributed by atoms with Gasteiger partial charge in [-0.2, -0.15) is 4.98 Å². The highest BCUT2D eigenvalue weighted by Gasteiger charge is 2.27. The molecule has 6 nitrogen and oxygen atoms in total.